The lowest BCUT2D eigenvalue weighted by atomic mass is 10.1. The average molecular weight is 251 g/mol. The first-order valence-corrected chi connectivity index (χ1v) is 7.58. The van der Waals surface area contributed by atoms with Gasteiger partial charge in [0.05, 0.1) is 6.04 Å². The number of thiophene rings is 1. The molecule has 0 aromatic carbocycles. The van der Waals surface area contributed by atoms with Crippen molar-refractivity contribution >= 4 is 23.1 Å². The molecule has 0 spiro atoms. The molecule has 0 fully saturated rings. The Balaban J connectivity index is 2.17. The number of aryl methyl sites for hydroxylation is 1. The van der Waals surface area contributed by atoms with Crippen LogP contribution in [0, 0.1) is 11.8 Å². The molecule has 1 aliphatic heterocycles. The van der Waals surface area contributed by atoms with Gasteiger partial charge in [0.15, 0.2) is 0 Å². The lowest BCUT2D eigenvalue weighted by Crippen LogP contribution is -2.14. The van der Waals surface area contributed by atoms with E-state index in [2.05, 4.69) is 23.2 Å². The van der Waals surface area contributed by atoms with Crippen molar-refractivity contribution in [2.45, 2.75) is 31.6 Å². The first-order valence-electron chi connectivity index (χ1n) is 5.61. The molecule has 0 radical (unpaired) electrons. The van der Waals surface area contributed by atoms with Crippen LogP contribution in [0.4, 0.5) is 0 Å². The number of hydrogen-bond acceptors (Lipinski definition) is 3. The van der Waals surface area contributed by atoms with Gasteiger partial charge in [0.2, 0.25) is 0 Å². The second-order valence-corrected chi connectivity index (χ2v) is 6.15. The summed E-state index contributed by atoms with van der Waals surface area (Å²) in [6.07, 6.45) is 2.17. The van der Waals surface area contributed by atoms with Crippen LogP contribution >= 0.6 is 23.1 Å². The maximum Gasteiger partial charge on any atom is 0.0523 e. The summed E-state index contributed by atoms with van der Waals surface area (Å²) in [6, 6.07) is 2.79. The molecule has 1 nitrogen and oxygen atoms in total. The zero-order valence-corrected chi connectivity index (χ0v) is 11.4. The van der Waals surface area contributed by atoms with Gasteiger partial charge in [-0.1, -0.05) is 0 Å². The van der Waals surface area contributed by atoms with Gasteiger partial charge < -0.3 is 5.32 Å². The molecule has 1 N–H and O–H groups in total. The number of thioether (sulfide) groups is 1. The maximum absolute atomic E-state index is 3.36. The molecule has 86 valence electrons. The lowest BCUT2D eigenvalue weighted by Gasteiger charge is -2.10. The second-order valence-electron chi connectivity index (χ2n) is 3.87. The van der Waals surface area contributed by atoms with Crippen molar-refractivity contribution in [2.75, 3.05) is 12.8 Å². The highest BCUT2D eigenvalue weighted by atomic mass is 32.2. The first-order chi connectivity index (χ1) is 7.85. The third kappa shape index (κ3) is 2.63. The summed E-state index contributed by atoms with van der Waals surface area (Å²) < 4.78 is 0. The highest BCUT2D eigenvalue weighted by molar-refractivity contribution is 7.98. The van der Waals surface area contributed by atoms with Crippen LogP contribution in [0.25, 0.3) is 0 Å². The molecule has 0 aliphatic carbocycles. The zero-order chi connectivity index (χ0) is 11.4. The van der Waals surface area contributed by atoms with Crippen LogP contribution in [0.3, 0.4) is 0 Å². The molecule has 1 aromatic heterocycles. The fraction of sp³-hybridized carbons (Fsp3) is 0.538. The monoisotopic (exact) mass is 251 g/mol. The molecule has 1 aromatic rings. The Morgan fingerprint density at radius 2 is 2.44 bits per heavy atom. The van der Waals surface area contributed by atoms with Crippen LogP contribution in [-0.4, -0.2) is 12.8 Å². The van der Waals surface area contributed by atoms with E-state index in [-0.39, 0.29) is 0 Å². The van der Waals surface area contributed by atoms with Crippen LogP contribution < -0.4 is 5.32 Å². The molecule has 0 amide bonds. The minimum Gasteiger partial charge on any atom is -0.312 e. The van der Waals surface area contributed by atoms with E-state index in [9.17, 15) is 0 Å². The van der Waals surface area contributed by atoms with Gasteiger partial charge in [-0.25, -0.2) is 0 Å². The minimum absolute atomic E-state index is 0.410. The molecule has 0 bridgehead atoms. The van der Waals surface area contributed by atoms with E-state index >= 15 is 0 Å². The Bertz CT molecular complexity index is 388. The summed E-state index contributed by atoms with van der Waals surface area (Å²) in [6.45, 7) is 1.91. The van der Waals surface area contributed by atoms with E-state index < -0.39 is 0 Å². The Labute approximate surface area is 106 Å². The number of rotatable bonds is 3. The van der Waals surface area contributed by atoms with Gasteiger partial charge in [-0.2, -0.15) is 11.8 Å². The van der Waals surface area contributed by atoms with Crippen molar-refractivity contribution in [1.29, 1.82) is 0 Å². The van der Waals surface area contributed by atoms with Crippen molar-refractivity contribution in [3.63, 3.8) is 0 Å². The van der Waals surface area contributed by atoms with Gasteiger partial charge in [0.1, 0.15) is 0 Å². The summed E-state index contributed by atoms with van der Waals surface area (Å²) in [5.74, 6) is 8.62. The van der Waals surface area contributed by atoms with Crippen molar-refractivity contribution in [3.05, 3.63) is 21.4 Å². The number of hydrogen-bond donors (Lipinski definition) is 1. The average Bonchev–Trinajstić information content (AvgIpc) is 2.73. The van der Waals surface area contributed by atoms with Crippen molar-refractivity contribution in [1.82, 2.24) is 5.32 Å². The largest absolute Gasteiger partial charge is 0.312 e. The normalized spacial score (nSPS) is 16.1. The van der Waals surface area contributed by atoms with Gasteiger partial charge in [-0.3, -0.25) is 0 Å². The van der Waals surface area contributed by atoms with E-state index in [1.807, 2.05) is 37.1 Å². The molecule has 3 heteroatoms. The molecule has 0 saturated heterocycles. The molecule has 1 aliphatic rings. The molecular weight excluding hydrogens is 234 g/mol. The molecular formula is C13H17NS2. The van der Waals surface area contributed by atoms with E-state index in [4.69, 9.17) is 0 Å². The summed E-state index contributed by atoms with van der Waals surface area (Å²) in [5.41, 5.74) is 1.56. The minimum atomic E-state index is 0.410. The molecule has 1 unspecified atom stereocenters. The van der Waals surface area contributed by atoms with Crippen LogP contribution in [0.2, 0.25) is 0 Å². The van der Waals surface area contributed by atoms with E-state index in [0.29, 0.717) is 6.04 Å². The fourth-order valence-corrected chi connectivity index (χ4v) is 4.38. The van der Waals surface area contributed by atoms with E-state index in [0.717, 1.165) is 6.42 Å². The zero-order valence-electron chi connectivity index (χ0n) is 9.80. The third-order valence-electron chi connectivity index (χ3n) is 2.82. The van der Waals surface area contributed by atoms with Crippen LogP contribution in [-0.2, 0) is 12.2 Å². The van der Waals surface area contributed by atoms with E-state index in [1.54, 1.807) is 10.4 Å². The summed E-state index contributed by atoms with van der Waals surface area (Å²) >= 11 is 4.02. The standard InChI is InChI=1S/C13H17NS2/c1-3-4-5-11(14-2)13-8-10-9-15-7-6-12(10)16-13/h8,11,14H,5-7,9H2,1-2H3. The molecule has 2 heterocycles. The Kier molecular flexibility index (Phi) is 4.34. The Morgan fingerprint density at radius 3 is 3.12 bits per heavy atom. The Morgan fingerprint density at radius 1 is 1.56 bits per heavy atom. The topological polar surface area (TPSA) is 12.0 Å². The molecule has 2 rings (SSSR count). The molecule has 16 heavy (non-hydrogen) atoms. The number of fused-ring (bicyclic) bond motifs is 1. The third-order valence-corrected chi connectivity index (χ3v) is 5.18. The summed E-state index contributed by atoms with van der Waals surface area (Å²) in [7, 11) is 2.02. The fourth-order valence-electron chi connectivity index (χ4n) is 1.89. The predicted octanol–water partition coefficient (Wildman–Crippen LogP) is 3.21. The van der Waals surface area contributed by atoms with Crippen LogP contribution in [0.5, 0.6) is 0 Å². The highest BCUT2D eigenvalue weighted by Gasteiger charge is 2.17. The van der Waals surface area contributed by atoms with Gasteiger partial charge >= 0.3 is 0 Å². The highest BCUT2D eigenvalue weighted by Crippen LogP contribution is 2.35. The van der Waals surface area contributed by atoms with Gasteiger partial charge in [-0.05, 0) is 37.8 Å². The first kappa shape index (κ1) is 12.0. The van der Waals surface area contributed by atoms with Crippen LogP contribution in [0.1, 0.15) is 34.7 Å². The maximum atomic E-state index is 3.36. The van der Waals surface area contributed by atoms with Gasteiger partial charge in [-0.15, -0.1) is 23.2 Å². The lowest BCUT2D eigenvalue weighted by molar-refractivity contribution is 0.622. The summed E-state index contributed by atoms with van der Waals surface area (Å²) in [5, 5.41) is 3.36. The molecule has 1 atom stereocenters. The van der Waals surface area contributed by atoms with Crippen LogP contribution in [0.15, 0.2) is 6.07 Å². The SMILES string of the molecule is CC#CCC(NC)c1cc2c(s1)CCSC2. The van der Waals surface area contributed by atoms with E-state index in [1.165, 1.54) is 22.8 Å². The Hall–Kier alpha value is -0.430. The predicted molar refractivity (Wildman–Crippen MR) is 74.1 cm³/mol. The smallest absolute Gasteiger partial charge is 0.0523 e. The molecule has 0 saturated carbocycles. The van der Waals surface area contributed by atoms with Gasteiger partial charge in [0, 0.05) is 21.9 Å². The van der Waals surface area contributed by atoms with Gasteiger partial charge in [0.25, 0.3) is 0 Å². The quantitative estimate of drug-likeness (QED) is 0.828. The van der Waals surface area contributed by atoms with Crippen molar-refractivity contribution in [2.24, 2.45) is 0 Å². The summed E-state index contributed by atoms with van der Waals surface area (Å²) in [4.78, 5) is 3.05. The number of nitrogens with one attached hydrogen (secondary N) is 1. The van der Waals surface area contributed by atoms with Crippen molar-refractivity contribution in [3.8, 4) is 11.8 Å². The van der Waals surface area contributed by atoms with Crippen molar-refractivity contribution < 1.29 is 0 Å². The second kappa shape index (κ2) is 5.77.